The zero-order chi connectivity index (χ0) is 23.6. The molecule has 170 valence electrons. The molecule has 0 bridgehead atoms. The largest absolute Gasteiger partial charge is 0.324 e. The molecular formula is C23H20BrClN4O3S. The SMILES string of the molecule is Cc1nc2ccc(C(=O)NS(=O)(=O)NCc3ccccc3)cc2n1Cc1ccc(Br)cc1Cl. The normalized spacial score (nSPS) is 11.6. The van der Waals surface area contributed by atoms with Gasteiger partial charge in [0.25, 0.3) is 5.91 Å². The molecule has 10 heteroatoms. The number of rotatable bonds is 7. The number of benzene rings is 3. The minimum absolute atomic E-state index is 0.0718. The first kappa shape index (κ1) is 23.4. The molecule has 0 aliphatic heterocycles. The second-order valence-electron chi connectivity index (χ2n) is 7.43. The van der Waals surface area contributed by atoms with Crippen molar-refractivity contribution in [2.45, 2.75) is 20.0 Å². The van der Waals surface area contributed by atoms with Crippen LogP contribution in [0.2, 0.25) is 5.02 Å². The number of hydrogen-bond acceptors (Lipinski definition) is 4. The van der Waals surface area contributed by atoms with Gasteiger partial charge in [-0.15, -0.1) is 0 Å². The Morgan fingerprint density at radius 1 is 1.09 bits per heavy atom. The fourth-order valence-electron chi connectivity index (χ4n) is 3.40. The predicted octanol–water partition coefficient (Wildman–Crippen LogP) is 4.57. The topological polar surface area (TPSA) is 93.1 Å². The summed E-state index contributed by atoms with van der Waals surface area (Å²) >= 11 is 9.78. The third-order valence-corrected chi connectivity index (χ3v) is 6.90. The average Bonchev–Trinajstić information content (AvgIpc) is 3.09. The lowest BCUT2D eigenvalue weighted by molar-refractivity contribution is 0.0981. The van der Waals surface area contributed by atoms with Gasteiger partial charge in [-0.2, -0.15) is 13.1 Å². The van der Waals surface area contributed by atoms with Crippen molar-refractivity contribution >= 4 is 54.7 Å². The molecule has 0 atom stereocenters. The third kappa shape index (κ3) is 5.62. The quantitative estimate of drug-likeness (QED) is 0.354. The fourth-order valence-corrected chi connectivity index (χ4v) is 4.92. The maximum Gasteiger partial charge on any atom is 0.301 e. The number of nitrogens with zero attached hydrogens (tertiary/aromatic N) is 2. The summed E-state index contributed by atoms with van der Waals surface area (Å²) in [5, 5.41) is 0.607. The first-order chi connectivity index (χ1) is 15.7. The van der Waals surface area contributed by atoms with Crippen LogP contribution in [0, 0.1) is 6.92 Å². The van der Waals surface area contributed by atoms with Crippen molar-refractivity contribution in [1.29, 1.82) is 0 Å². The Balaban J connectivity index is 1.55. The maximum atomic E-state index is 12.7. The molecule has 4 rings (SSSR count). The predicted molar refractivity (Wildman–Crippen MR) is 132 cm³/mol. The van der Waals surface area contributed by atoms with Gasteiger partial charge in [0.05, 0.1) is 17.6 Å². The molecule has 33 heavy (non-hydrogen) atoms. The molecule has 0 fully saturated rings. The molecule has 0 aliphatic carbocycles. The van der Waals surface area contributed by atoms with Gasteiger partial charge in [-0.25, -0.2) is 9.71 Å². The average molecular weight is 548 g/mol. The van der Waals surface area contributed by atoms with Crippen LogP contribution < -0.4 is 9.44 Å². The van der Waals surface area contributed by atoms with Gasteiger partial charge in [0.15, 0.2) is 0 Å². The molecule has 1 amide bonds. The summed E-state index contributed by atoms with van der Waals surface area (Å²) in [6, 6.07) is 19.6. The Labute approximate surface area is 205 Å². The Morgan fingerprint density at radius 3 is 2.58 bits per heavy atom. The van der Waals surface area contributed by atoms with Crippen molar-refractivity contribution in [3.05, 3.63) is 98.7 Å². The van der Waals surface area contributed by atoms with Crippen LogP contribution in [0.5, 0.6) is 0 Å². The maximum absolute atomic E-state index is 12.7. The van der Waals surface area contributed by atoms with Crippen LogP contribution in [0.3, 0.4) is 0 Å². The van der Waals surface area contributed by atoms with Crippen LogP contribution in [0.1, 0.15) is 27.3 Å². The molecule has 0 unspecified atom stereocenters. The second kappa shape index (κ2) is 9.64. The smallest absolute Gasteiger partial charge is 0.301 e. The molecule has 0 aliphatic rings. The summed E-state index contributed by atoms with van der Waals surface area (Å²) in [5.41, 5.74) is 3.28. The Bertz CT molecular complexity index is 1440. The van der Waals surface area contributed by atoms with E-state index in [2.05, 4.69) is 30.4 Å². The van der Waals surface area contributed by atoms with E-state index in [1.165, 1.54) is 0 Å². The molecule has 2 N–H and O–H groups in total. The van der Waals surface area contributed by atoms with Gasteiger partial charge in [0, 0.05) is 21.6 Å². The van der Waals surface area contributed by atoms with E-state index in [4.69, 9.17) is 11.6 Å². The van der Waals surface area contributed by atoms with Gasteiger partial charge < -0.3 is 4.57 Å². The van der Waals surface area contributed by atoms with Crippen LogP contribution in [0.4, 0.5) is 0 Å². The van der Waals surface area contributed by atoms with E-state index in [0.717, 1.165) is 21.4 Å². The minimum atomic E-state index is -4.04. The first-order valence-corrected chi connectivity index (χ1v) is 12.6. The summed E-state index contributed by atoms with van der Waals surface area (Å²) in [7, 11) is -4.04. The van der Waals surface area contributed by atoms with Crippen LogP contribution in [0.25, 0.3) is 11.0 Å². The fraction of sp³-hybridized carbons (Fsp3) is 0.130. The van der Waals surface area contributed by atoms with E-state index in [9.17, 15) is 13.2 Å². The monoisotopic (exact) mass is 546 g/mol. The molecule has 4 aromatic rings. The Morgan fingerprint density at radius 2 is 1.85 bits per heavy atom. The van der Waals surface area contributed by atoms with Gasteiger partial charge in [-0.3, -0.25) is 4.79 Å². The number of aromatic nitrogens is 2. The highest BCUT2D eigenvalue weighted by molar-refractivity contribution is 9.10. The van der Waals surface area contributed by atoms with Crippen molar-refractivity contribution in [2.24, 2.45) is 0 Å². The molecular weight excluding hydrogens is 528 g/mol. The molecule has 3 aromatic carbocycles. The molecule has 7 nitrogen and oxygen atoms in total. The number of amides is 1. The number of nitrogens with one attached hydrogen (secondary N) is 2. The zero-order valence-electron chi connectivity index (χ0n) is 17.5. The zero-order valence-corrected chi connectivity index (χ0v) is 20.7. The molecule has 0 radical (unpaired) electrons. The van der Waals surface area contributed by atoms with Crippen molar-refractivity contribution in [2.75, 3.05) is 0 Å². The number of carbonyl (C=O) groups excluding carboxylic acids is 1. The van der Waals surface area contributed by atoms with E-state index in [1.54, 1.807) is 30.3 Å². The minimum Gasteiger partial charge on any atom is -0.324 e. The van der Waals surface area contributed by atoms with E-state index in [0.29, 0.717) is 22.6 Å². The number of aryl methyl sites for hydroxylation is 1. The Kier molecular flexibility index (Phi) is 6.85. The Hall–Kier alpha value is -2.72. The number of imidazole rings is 1. The molecule has 1 aromatic heterocycles. The standard InChI is InChI=1S/C23H20BrClN4O3S/c1-15-27-21-10-8-17(11-22(21)29(15)14-18-7-9-19(24)12-20(18)25)23(30)28-33(31,32)26-13-16-5-3-2-4-6-16/h2-12,26H,13-14H2,1H3,(H,28,30). The highest BCUT2D eigenvalue weighted by atomic mass is 79.9. The van der Waals surface area contributed by atoms with Gasteiger partial charge in [0.1, 0.15) is 5.82 Å². The lowest BCUT2D eigenvalue weighted by atomic mass is 10.2. The third-order valence-electron chi connectivity index (χ3n) is 5.08. The number of fused-ring (bicyclic) bond motifs is 1. The summed E-state index contributed by atoms with van der Waals surface area (Å²) in [6.07, 6.45) is 0. The lowest BCUT2D eigenvalue weighted by Crippen LogP contribution is -2.39. The van der Waals surface area contributed by atoms with Crippen LogP contribution in [-0.4, -0.2) is 23.9 Å². The van der Waals surface area contributed by atoms with E-state index in [-0.39, 0.29) is 12.1 Å². The highest BCUT2D eigenvalue weighted by Crippen LogP contribution is 2.25. The van der Waals surface area contributed by atoms with Crippen molar-refractivity contribution in [3.63, 3.8) is 0 Å². The van der Waals surface area contributed by atoms with Gasteiger partial charge >= 0.3 is 10.2 Å². The summed E-state index contributed by atoms with van der Waals surface area (Å²) in [5.74, 6) is 0.0169. The van der Waals surface area contributed by atoms with Crippen LogP contribution in [-0.2, 0) is 23.3 Å². The summed E-state index contributed by atoms with van der Waals surface area (Å²) in [4.78, 5) is 17.2. The van der Waals surface area contributed by atoms with Gasteiger partial charge in [0.2, 0.25) is 0 Å². The lowest BCUT2D eigenvalue weighted by Gasteiger charge is -2.11. The van der Waals surface area contributed by atoms with Crippen LogP contribution in [0.15, 0.2) is 71.2 Å². The molecule has 0 saturated heterocycles. The summed E-state index contributed by atoms with van der Waals surface area (Å²) < 4.78 is 32.0. The molecule has 0 spiro atoms. The van der Waals surface area contributed by atoms with Crippen molar-refractivity contribution in [3.8, 4) is 0 Å². The number of hydrogen-bond donors (Lipinski definition) is 2. The highest BCUT2D eigenvalue weighted by Gasteiger charge is 2.18. The first-order valence-electron chi connectivity index (χ1n) is 9.98. The number of halogens is 2. The summed E-state index contributed by atoms with van der Waals surface area (Å²) in [6.45, 7) is 2.39. The van der Waals surface area contributed by atoms with Crippen molar-refractivity contribution < 1.29 is 13.2 Å². The van der Waals surface area contributed by atoms with Crippen LogP contribution >= 0.6 is 27.5 Å². The van der Waals surface area contributed by atoms with Gasteiger partial charge in [-0.05, 0) is 48.4 Å². The molecule has 1 heterocycles. The van der Waals surface area contributed by atoms with E-state index in [1.807, 2.05) is 47.9 Å². The second-order valence-corrected chi connectivity index (χ2v) is 10.2. The number of carbonyl (C=O) groups is 1. The molecule has 0 saturated carbocycles. The van der Waals surface area contributed by atoms with Crippen molar-refractivity contribution in [1.82, 2.24) is 19.0 Å². The van der Waals surface area contributed by atoms with E-state index >= 15 is 0 Å². The van der Waals surface area contributed by atoms with Gasteiger partial charge in [-0.1, -0.05) is 63.9 Å². The van der Waals surface area contributed by atoms with E-state index < -0.39 is 16.1 Å².